The normalized spacial score (nSPS) is 23.6. The molecule has 1 aromatic rings. The van der Waals surface area contributed by atoms with Crippen molar-refractivity contribution in [3.05, 3.63) is 11.4 Å². The third-order valence-electron chi connectivity index (χ3n) is 4.53. The van der Waals surface area contributed by atoms with Gasteiger partial charge in [-0.3, -0.25) is 0 Å². The maximum absolute atomic E-state index is 5.63. The Hall–Kier alpha value is -1.36. The molecule has 2 aliphatic rings. The summed E-state index contributed by atoms with van der Waals surface area (Å²) in [7, 11) is 0. The van der Waals surface area contributed by atoms with Gasteiger partial charge in [-0.1, -0.05) is 6.92 Å². The SMILES string of the molecule is Cc1c(NN)nc(C2CC2)nc1N1CCCC(C)CC1. The van der Waals surface area contributed by atoms with E-state index in [1.54, 1.807) is 0 Å². The van der Waals surface area contributed by atoms with Crippen LogP contribution in [0.15, 0.2) is 0 Å². The predicted molar refractivity (Wildman–Crippen MR) is 81.8 cm³/mol. The molecule has 5 heteroatoms. The topological polar surface area (TPSA) is 67.1 Å². The molecular formula is C15H25N5. The summed E-state index contributed by atoms with van der Waals surface area (Å²) in [6.45, 7) is 6.60. The van der Waals surface area contributed by atoms with Crippen molar-refractivity contribution in [3.63, 3.8) is 0 Å². The zero-order chi connectivity index (χ0) is 14.1. The molecule has 3 rings (SSSR count). The molecule has 2 fully saturated rings. The minimum absolute atomic E-state index is 0.548. The van der Waals surface area contributed by atoms with Crippen LogP contribution in [0.2, 0.25) is 0 Å². The van der Waals surface area contributed by atoms with Crippen molar-refractivity contribution in [1.29, 1.82) is 0 Å². The first kappa shape index (κ1) is 13.6. The molecule has 0 amide bonds. The molecule has 0 aromatic carbocycles. The Morgan fingerprint density at radius 2 is 1.95 bits per heavy atom. The summed E-state index contributed by atoms with van der Waals surface area (Å²) >= 11 is 0. The summed E-state index contributed by atoms with van der Waals surface area (Å²) in [6, 6.07) is 0. The van der Waals surface area contributed by atoms with Gasteiger partial charge in [0.1, 0.15) is 17.5 Å². The van der Waals surface area contributed by atoms with Crippen molar-refractivity contribution < 1.29 is 0 Å². The molecule has 20 heavy (non-hydrogen) atoms. The van der Waals surface area contributed by atoms with E-state index in [9.17, 15) is 0 Å². The highest BCUT2D eigenvalue weighted by Gasteiger charge is 2.29. The van der Waals surface area contributed by atoms with Crippen LogP contribution in [0.25, 0.3) is 0 Å². The molecule has 5 nitrogen and oxygen atoms in total. The second-order valence-electron chi connectivity index (χ2n) is 6.32. The Morgan fingerprint density at radius 3 is 2.65 bits per heavy atom. The number of hydrogen-bond acceptors (Lipinski definition) is 5. The van der Waals surface area contributed by atoms with Crippen LogP contribution in [-0.2, 0) is 0 Å². The van der Waals surface area contributed by atoms with Crippen LogP contribution in [-0.4, -0.2) is 23.1 Å². The standard InChI is InChI=1S/C15H25N5/c1-10-4-3-8-20(9-7-10)15-11(2)13(19-16)17-14(18-15)12-5-6-12/h10,12H,3-9,16H2,1-2H3,(H,17,18,19). The number of nitrogens with two attached hydrogens (primary N) is 1. The average molecular weight is 275 g/mol. The molecule has 1 aromatic heterocycles. The Kier molecular flexibility index (Phi) is 3.78. The van der Waals surface area contributed by atoms with Gasteiger partial charge in [0.15, 0.2) is 0 Å². The number of nitrogens with zero attached hydrogens (tertiary/aromatic N) is 3. The van der Waals surface area contributed by atoms with E-state index in [1.807, 2.05) is 0 Å². The van der Waals surface area contributed by atoms with Crippen molar-refractivity contribution >= 4 is 11.6 Å². The van der Waals surface area contributed by atoms with E-state index in [0.717, 1.165) is 42.0 Å². The number of rotatable bonds is 3. The van der Waals surface area contributed by atoms with Crippen LogP contribution in [0, 0.1) is 12.8 Å². The lowest BCUT2D eigenvalue weighted by molar-refractivity contribution is 0.521. The highest BCUT2D eigenvalue weighted by atomic mass is 15.3. The van der Waals surface area contributed by atoms with Gasteiger partial charge in [0.25, 0.3) is 0 Å². The summed E-state index contributed by atoms with van der Waals surface area (Å²) in [6.07, 6.45) is 6.23. The number of anilines is 2. The second-order valence-corrected chi connectivity index (χ2v) is 6.32. The average Bonchev–Trinajstić information content (AvgIpc) is 3.27. The largest absolute Gasteiger partial charge is 0.356 e. The quantitative estimate of drug-likeness (QED) is 0.655. The number of hydrogen-bond donors (Lipinski definition) is 2. The van der Waals surface area contributed by atoms with Gasteiger partial charge in [0.05, 0.1) is 0 Å². The van der Waals surface area contributed by atoms with Crippen LogP contribution >= 0.6 is 0 Å². The van der Waals surface area contributed by atoms with Crippen molar-refractivity contribution in [2.75, 3.05) is 23.4 Å². The van der Waals surface area contributed by atoms with Gasteiger partial charge in [-0.25, -0.2) is 15.8 Å². The summed E-state index contributed by atoms with van der Waals surface area (Å²) in [5.74, 6) is 9.84. The van der Waals surface area contributed by atoms with E-state index in [2.05, 4.69) is 29.2 Å². The lowest BCUT2D eigenvalue weighted by Crippen LogP contribution is -2.27. The van der Waals surface area contributed by atoms with Crippen LogP contribution in [0.3, 0.4) is 0 Å². The van der Waals surface area contributed by atoms with Gasteiger partial charge < -0.3 is 10.3 Å². The van der Waals surface area contributed by atoms with Gasteiger partial charge >= 0.3 is 0 Å². The van der Waals surface area contributed by atoms with Crippen molar-refractivity contribution in [1.82, 2.24) is 9.97 Å². The Balaban J connectivity index is 1.92. The fourth-order valence-electron chi connectivity index (χ4n) is 2.97. The highest BCUT2D eigenvalue weighted by Crippen LogP contribution is 2.40. The Morgan fingerprint density at radius 1 is 1.15 bits per heavy atom. The first-order valence-corrected chi connectivity index (χ1v) is 7.79. The molecular weight excluding hydrogens is 250 g/mol. The zero-order valence-electron chi connectivity index (χ0n) is 12.5. The molecule has 0 bridgehead atoms. The predicted octanol–water partition coefficient (Wildman–Crippen LogP) is 2.57. The number of hydrazine groups is 1. The maximum atomic E-state index is 5.63. The molecule has 3 N–H and O–H groups in total. The van der Waals surface area contributed by atoms with Crippen LogP contribution in [0.4, 0.5) is 11.6 Å². The third kappa shape index (κ3) is 2.73. The van der Waals surface area contributed by atoms with E-state index >= 15 is 0 Å². The van der Waals surface area contributed by atoms with E-state index < -0.39 is 0 Å². The fourth-order valence-corrected chi connectivity index (χ4v) is 2.97. The van der Waals surface area contributed by atoms with Crippen LogP contribution in [0.1, 0.15) is 56.3 Å². The highest BCUT2D eigenvalue weighted by molar-refractivity contribution is 5.58. The molecule has 110 valence electrons. The van der Waals surface area contributed by atoms with Gasteiger partial charge in [0, 0.05) is 24.6 Å². The first-order valence-electron chi connectivity index (χ1n) is 7.79. The summed E-state index contributed by atoms with van der Waals surface area (Å²) < 4.78 is 0. The lowest BCUT2D eigenvalue weighted by atomic mass is 10.0. The first-order chi connectivity index (χ1) is 9.69. The van der Waals surface area contributed by atoms with Crippen molar-refractivity contribution in [3.8, 4) is 0 Å². The van der Waals surface area contributed by atoms with E-state index in [0.29, 0.717) is 5.92 Å². The Bertz CT molecular complexity index is 483. The summed E-state index contributed by atoms with van der Waals surface area (Å²) in [5, 5.41) is 0. The van der Waals surface area contributed by atoms with Crippen molar-refractivity contribution in [2.24, 2.45) is 11.8 Å². The summed E-state index contributed by atoms with van der Waals surface area (Å²) in [4.78, 5) is 11.8. The second kappa shape index (κ2) is 5.56. The lowest BCUT2D eigenvalue weighted by Gasteiger charge is -2.25. The smallest absolute Gasteiger partial charge is 0.148 e. The third-order valence-corrected chi connectivity index (χ3v) is 4.53. The number of nitrogens with one attached hydrogen (secondary N) is 1. The molecule has 1 saturated heterocycles. The fraction of sp³-hybridized carbons (Fsp3) is 0.733. The number of aromatic nitrogens is 2. The van der Waals surface area contributed by atoms with Crippen LogP contribution in [0.5, 0.6) is 0 Å². The summed E-state index contributed by atoms with van der Waals surface area (Å²) in [5.41, 5.74) is 3.82. The van der Waals surface area contributed by atoms with E-state index in [-0.39, 0.29) is 0 Å². The maximum Gasteiger partial charge on any atom is 0.148 e. The minimum atomic E-state index is 0.548. The van der Waals surface area contributed by atoms with Gasteiger partial charge in [-0.15, -0.1) is 0 Å². The zero-order valence-corrected chi connectivity index (χ0v) is 12.5. The van der Waals surface area contributed by atoms with Gasteiger partial charge in [0.2, 0.25) is 0 Å². The molecule has 2 heterocycles. The minimum Gasteiger partial charge on any atom is -0.356 e. The molecule has 1 unspecified atom stereocenters. The molecule has 1 atom stereocenters. The molecule has 1 saturated carbocycles. The molecule has 0 spiro atoms. The monoisotopic (exact) mass is 275 g/mol. The number of nitrogen functional groups attached to an aromatic ring is 1. The molecule has 1 aliphatic carbocycles. The van der Waals surface area contributed by atoms with Crippen molar-refractivity contribution in [2.45, 2.75) is 51.9 Å². The van der Waals surface area contributed by atoms with E-state index in [1.165, 1.54) is 32.1 Å². The van der Waals surface area contributed by atoms with Crippen LogP contribution < -0.4 is 16.2 Å². The Labute approximate surface area is 120 Å². The molecule has 1 aliphatic heterocycles. The van der Waals surface area contributed by atoms with Gasteiger partial charge in [-0.2, -0.15) is 0 Å². The molecule has 0 radical (unpaired) electrons. The van der Waals surface area contributed by atoms with E-state index in [4.69, 9.17) is 10.8 Å². The van der Waals surface area contributed by atoms with Gasteiger partial charge in [-0.05, 0) is 44.9 Å².